The standard InChI is InChI=1S/C15H15NO4/c16-14(15(18)19)9-10-2-1-3-13(8-10)20-12-6-4-11(17)5-7-12/h1-8,14,17H,9,16H2,(H,18,19)/t14-/m0/s1. The molecule has 0 aromatic heterocycles. The normalized spacial score (nSPS) is 11.8. The van der Waals surface area contributed by atoms with Gasteiger partial charge >= 0.3 is 5.97 Å². The molecule has 1 atom stereocenters. The third-order valence-electron chi connectivity index (χ3n) is 2.74. The number of hydrogen-bond donors (Lipinski definition) is 3. The number of carboxylic acid groups (broad SMARTS) is 1. The second-order valence-corrected chi connectivity index (χ2v) is 4.39. The number of hydrogen-bond acceptors (Lipinski definition) is 4. The molecule has 0 aliphatic heterocycles. The van der Waals surface area contributed by atoms with E-state index < -0.39 is 12.0 Å². The van der Waals surface area contributed by atoms with Crippen LogP contribution in [0.1, 0.15) is 5.56 Å². The maximum Gasteiger partial charge on any atom is 0.320 e. The highest BCUT2D eigenvalue weighted by Gasteiger charge is 2.12. The third-order valence-corrected chi connectivity index (χ3v) is 2.74. The molecule has 2 aromatic carbocycles. The summed E-state index contributed by atoms with van der Waals surface area (Å²) < 4.78 is 5.62. The average Bonchev–Trinajstić information content (AvgIpc) is 2.42. The molecule has 2 rings (SSSR count). The van der Waals surface area contributed by atoms with Crippen molar-refractivity contribution in [3.05, 3.63) is 54.1 Å². The van der Waals surface area contributed by atoms with Crippen molar-refractivity contribution in [2.24, 2.45) is 5.73 Å². The fraction of sp³-hybridized carbons (Fsp3) is 0.133. The fourth-order valence-electron chi connectivity index (χ4n) is 1.73. The van der Waals surface area contributed by atoms with E-state index in [2.05, 4.69) is 0 Å². The SMILES string of the molecule is N[C@@H](Cc1cccc(Oc2ccc(O)cc2)c1)C(=O)O. The summed E-state index contributed by atoms with van der Waals surface area (Å²) in [6.07, 6.45) is 0.238. The molecule has 0 amide bonds. The number of carbonyl (C=O) groups is 1. The van der Waals surface area contributed by atoms with Crippen molar-refractivity contribution in [1.29, 1.82) is 0 Å². The van der Waals surface area contributed by atoms with E-state index >= 15 is 0 Å². The molecule has 5 heteroatoms. The highest BCUT2D eigenvalue weighted by Crippen LogP contribution is 2.24. The van der Waals surface area contributed by atoms with Gasteiger partial charge in [-0.1, -0.05) is 12.1 Å². The minimum atomic E-state index is -1.03. The van der Waals surface area contributed by atoms with Gasteiger partial charge in [0.05, 0.1) is 0 Å². The van der Waals surface area contributed by atoms with Gasteiger partial charge in [0.1, 0.15) is 23.3 Å². The van der Waals surface area contributed by atoms with Crippen LogP contribution in [0, 0.1) is 0 Å². The molecule has 0 aliphatic carbocycles. The van der Waals surface area contributed by atoms with E-state index in [-0.39, 0.29) is 12.2 Å². The van der Waals surface area contributed by atoms with Gasteiger partial charge in [0, 0.05) is 0 Å². The smallest absolute Gasteiger partial charge is 0.320 e. The van der Waals surface area contributed by atoms with Gasteiger partial charge in [-0.25, -0.2) is 0 Å². The Balaban J connectivity index is 2.09. The lowest BCUT2D eigenvalue weighted by atomic mass is 10.1. The van der Waals surface area contributed by atoms with E-state index in [1.54, 1.807) is 36.4 Å². The molecule has 20 heavy (non-hydrogen) atoms. The second-order valence-electron chi connectivity index (χ2n) is 4.39. The number of phenolic OH excluding ortho intramolecular Hbond substituents is 1. The summed E-state index contributed by atoms with van der Waals surface area (Å²) in [5.41, 5.74) is 6.29. The van der Waals surface area contributed by atoms with E-state index in [4.69, 9.17) is 15.6 Å². The van der Waals surface area contributed by atoms with Crippen molar-refractivity contribution in [3.8, 4) is 17.2 Å². The minimum absolute atomic E-state index is 0.165. The number of nitrogens with two attached hydrogens (primary N) is 1. The molecule has 5 nitrogen and oxygen atoms in total. The number of aliphatic carboxylic acids is 1. The first-order chi connectivity index (χ1) is 9.54. The first-order valence-electron chi connectivity index (χ1n) is 6.09. The van der Waals surface area contributed by atoms with Crippen LogP contribution >= 0.6 is 0 Å². The zero-order valence-corrected chi connectivity index (χ0v) is 10.7. The van der Waals surface area contributed by atoms with Crippen molar-refractivity contribution in [2.45, 2.75) is 12.5 Å². The summed E-state index contributed by atoms with van der Waals surface area (Å²) in [5.74, 6) is 0.307. The van der Waals surface area contributed by atoms with E-state index in [1.807, 2.05) is 0 Å². The zero-order chi connectivity index (χ0) is 14.5. The van der Waals surface area contributed by atoms with Crippen LogP contribution in [0.3, 0.4) is 0 Å². The molecule has 0 saturated carbocycles. The molecule has 0 unspecified atom stereocenters. The quantitative estimate of drug-likeness (QED) is 0.776. The summed E-state index contributed by atoms with van der Waals surface area (Å²) in [5, 5.41) is 18.0. The Kier molecular flexibility index (Phi) is 4.22. The molecule has 2 aromatic rings. The highest BCUT2D eigenvalue weighted by molar-refractivity contribution is 5.73. The molecule has 0 saturated heterocycles. The van der Waals surface area contributed by atoms with E-state index in [1.165, 1.54) is 12.1 Å². The van der Waals surface area contributed by atoms with Crippen LogP contribution in [0.15, 0.2) is 48.5 Å². The summed E-state index contributed by atoms with van der Waals surface area (Å²) in [6.45, 7) is 0. The van der Waals surface area contributed by atoms with E-state index in [0.29, 0.717) is 11.5 Å². The lowest BCUT2D eigenvalue weighted by Crippen LogP contribution is -2.32. The number of benzene rings is 2. The van der Waals surface area contributed by atoms with Crippen molar-refractivity contribution >= 4 is 5.97 Å². The van der Waals surface area contributed by atoms with Crippen LogP contribution in [0.4, 0.5) is 0 Å². The Labute approximate surface area is 116 Å². The summed E-state index contributed by atoms with van der Waals surface area (Å²) >= 11 is 0. The Hall–Kier alpha value is -2.53. The van der Waals surface area contributed by atoms with Gasteiger partial charge in [-0.15, -0.1) is 0 Å². The number of aromatic hydroxyl groups is 1. The van der Waals surface area contributed by atoms with Crippen molar-refractivity contribution in [3.63, 3.8) is 0 Å². The molecule has 0 aliphatic rings. The summed E-state index contributed by atoms with van der Waals surface area (Å²) in [7, 11) is 0. The molecule has 4 N–H and O–H groups in total. The predicted octanol–water partition coefficient (Wildman–Crippen LogP) is 2.14. The summed E-state index contributed by atoms with van der Waals surface area (Å²) in [6, 6.07) is 12.5. The highest BCUT2D eigenvalue weighted by atomic mass is 16.5. The van der Waals surface area contributed by atoms with Gasteiger partial charge in [-0.05, 0) is 48.4 Å². The molecular weight excluding hydrogens is 258 g/mol. The Bertz CT molecular complexity index is 595. The first kappa shape index (κ1) is 13.9. The van der Waals surface area contributed by atoms with E-state index in [9.17, 15) is 9.90 Å². The second kappa shape index (κ2) is 6.08. The fourth-order valence-corrected chi connectivity index (χ4v) is 1.73. The topological polar surface area (TPSA) is 92.8 Å². The van der Waals surface area contributed by atoms with Crippen molar-refractivity contribution in [1.82, 2.24) is 0 Å². The molecule has 0 bridgehead atoms. The summed E-state index contributed by atoms with van der Waals surface area (Å²) in [4.78, 5) is 10.7. The Morgan fingerprint density at radius 2 is 1.85 bits per heavy atom. The molecule has 0 fully saturated rings. The minimum Gasteiger partial charge on any atom is -0.508 e. The van der Waals surface area contributed by atoms with Crippen molar-refractivity contribution < 1.29 is 19.7 Å². The van der Waals surface area contributed by atoms with Crippen LogP contribution < -0.4 is 10.5 Å². The van der Waals surface area contributed by atoms with Gasteiger partial charge in [-0.3, -0.25) is 4.79 Å². The van der Waals surface area contributed by atoms with Gasteiger partial charge < -0.3 is 20.7 Å². The first-order valence-corrected chi connectivity index (χ1v) is 6.09. The monoisotopic (exact) mass is 273 g/mol. The zero-order valence-electron chi connectivity index (χ0n) is 10.7. The van der Waals surface area contributed by atoms with Gasteiger partial charge in [0.25, 0.3) is 0 Å². The number of ether oxygens (including phenoxy) is 1. The molecule has 104 valence electrons. The molecule has 0 heterocycles. The van der Waals surface area contributed by atoms with Gasteiger partial charge in [0.15, 0.2) is 0 Å². The number of rotatable bonds is 5. The van der Waals surface area contributed by atoms with E-state index in [0.717, 1.165) is 5.56 Å². The number of phenols is 1. The Morgan fingerprint density at radius 1 is 1.15 bits per heavy atom. The average molecular weight is 273 g/mol. The lowest BCUT2D eigenvalue weighted by Gasteiger charge is -2.09. The Morgan fingerprint density at radius 3 is 2.50 bits per heavy atom. The third kappa shape index (κ3) is 3.73. The maximum absolute atomic E-state index is 10.7. The molecule has 0 spiro atoms. The predicted molar refractivity (Wildman–Crippen MR) is 73.9 cm³/mol. The largest absolute Gasteiger partial charge is 0.508 e. The van der Waals surface area contributed by atoms with Crippen LogP contribution in [-0.2, 0) is 11.2 Å². The van der Waals surface area contributed by atoms with Crippen LogP contribution in [-0.4, -0.2) is 22.2 Å². The lowest BCUT2D eigenvalue weighted by molar-refractivity contribution is -0.138. The van der Waals surface area contributed by atoms with Crippen LogP contribution in [0.2, 0.25) is 0 Å². The van der Waals surface area contributed by atoms with Crippen LogP contribution in [0.25, 0.3) is 0 Å². The van der Waals surface area contributed by atoms with Gasteiger partial charge in [0.2, 0.25) is 0 Å². The van der Waals surface area contributed by atoms with Crippen LogP contribution in [0.5, 0.6) is 17.2 Å². The number of carboxylic acids is 1. The maximum atomic E-state index is 10.7. The van der Waals surface area contributed by atoms with Gasteiger partial charge in [-0.2, -0.15) is 0 Å². The molecular formula is C15H15NO4. The molecule has 0 radical (unpaired) electrons. The van der Waals surface area contributed by atoms with Crippen molar-refractivity contribution in [2.75, 3.05) is 0 Å².